The van der Waals surface area contributed by atoms with Crippen LogP contribution in [0.1, 0.15) is 16.1 Å². The van der Waals surface area contributed by atoms with Crippen molar-refractivity contribution in [2.45, 2.75) is 6.61 Å². The highest BCUT2D eigenvalue weighted by Crippen LogP contribution is 2.18. The molecule has 0 atom stereocenters. The van der Waals surface area contributed by atoms with E-state index >= 15 is 0 Å². The maximum atomic E-state index is 10.9. The molecule has 2 aromatic carbocycles. The number of aldehydes is 1. The molecule has 0 fully saturated rings. The lowest BCUT2D eigenvalue weighted by molar-refractivity contribution is 0.111. The minimum absolute atomic E-state index is 0.545. The maximum Gasteiger partial charge on any atom is 0.166 e. The van der Waals surface area contributed by atoms with Gasteiger partial charge >= 0.3 is 0 Å². The van der Waals surface area contributed by atoms with Gasteiger partial charge in [0.05, 0.1) is 5.69 Å². The predicted octanol–water partition coefficient (Wildman–Crippen LogP) is 3.87. The van der Waals surface area contributed by atoms with E-state index in [1.54, 1.807) is 6.07 Å². The highest BCUT2D eigenvalue weighted by atomic mass is 16.5. The summed E-state index contributed by atoms with van der Waals surface area (Å²) in [7, 11) is 0. The molecule has 0 spiro atoms. The molecule has 1 aromatic heterocycles. The largest absolute Gasteiger partial charge is 0.489 e. The van der Waals surface area contributed by atoms with Crippen molar-refractivity contribution in [2.24, 2.45) is 0 Å². The molecule has 0 aliphatic carbocycles. The molecule has 3 aromatic rings. The fourth-order valence-electron chi connectivity index (χ4n) is 2.17. The van der Waals surface area contributed by atoms with Gasteiger partial charge in [-0.1, -0.05) is 30.3 Å². The van der Waals surface area contributed by atoms with Gasteiger partial charge in [0.15, 0.2) is 6.29 Å². The molecule has 0 N–H and O–H groups in total. The van der Waals surface area contributed by atoms with E-state index in [2.05, 4.69) is 0 Å². The lowest BCUT2D eigenvalue weighted by Gasteiger charge is -2.09. The van der Waals surface area contributed by atoms with Gasteiger partial charge in [0.2, 0.25) is 0 Å². The van der Waals surface area contributed by atoms with Crippen LogP contribution in [0.3, 0.4) is 0 Å². The standard InChI is InChI=1S/C18H15NO2/c20-13-17-7-4-12-19(17)16-8-10-18(11-9-16)21-14-15-5-2-1-3-6-15/h1-13H,14H2. The number of rotatable bonds is 5. The van der Waals surface area contributed by atoms with Crippen molar-refractivity contribution in [2.75, 3.05) is 0 Å². The number of carbonyl (C=O) groups is 1. The van der Waals surface area contributed by atoms with E-state index in [0.29, 0.717) is 12.3 Å². The van der Waals surface area contributed by atoms with Crippen molar-refractivity contribution in [1.82, 2.24) is 4.57 Å². The summed E-state index contributed by atoms with van der Waals surface area (Å²) in [5.41, 5.74) is 2.71. The molecule has 3 rings (SSSR count). The summed E-state index contributed by atoms with van der Waals surface area (Å²) in [4.78, 5) is 10.9. The zero-order valence-corrected chi connectivity index (χ0v) is 11.5. The Labute approximate surface area is 123 Å². The molecule has 3 heteroatoms. The molecule has 0 unspecified atom stereocenters. The molecule has 0 saturated carbocycles. The minimum atomic E-state index is 0.545. The quantitative estimate of drug-likeness (QED) is 0.663. The smallest absolute Gasteiger partial charge is 0.166 e. The van der Waals surface area contributed by atoms with Gasteiger partial charge in [-0.05, 0) is 42.0 Å². The number of hydrogen-bond donors (Lipinski definition) is 0. The van der Waals surface area contributed by atoms with Crippen molar-refractivity contribution >= 4 is 6.29 Å². The Bertz CT molecular complexity index is 714. The van der Waals surface area contributed by atoms with Crippen LogP contribution in [0.4, 0.5) is 0 Å². The van der Waals surface area contributed by atoms with Gasteiger partial charge in [0.25, 0.3) is 0 Å². The summed E-state index contributed by atoms with van der Waals surface area (Å²) >= 11 is 0. The fraction of sp³-hybridized carbons (Fsp3) is 0.0556. The highest BCUT2D eigenvalue weighted by molar-refractivity contribution is 5.73. The van der Waals surface area contributed by atoms with E-state index in [9.17, 15) is 4.79 Å². The normalized spacial score (nSPS) is 10.3. The number of hydrogen-bond acceptors (Lipinski definition) is 2. The zero-order chi connectivity index (χ0) is 14.5. The second kappa shape index (κ2) is 6.09. The number of nitrogens with zero attached hydrogens (tertiary/aromatic N) is 1. The third kappa shape index (κ3) is 3.03. The third-order valence-electron chi connectivity index (χ3n) is 3.26. The summed E-state index contributed by atoms with van der Waals surface area (Å²) in [6.45, 7) is 0.545. The average molecular weight is 277 g/mol. The minimum Gasteiger partial charge on any atom is -0.489 e. The topological polar surface area (TPSA) is 31.2 Å². The lowest BCUT2D eigenvalue weighted by atomic mass is 10.2. The van der Waals surface area contributed by atoms with Crippen LogP contribution >= 0.6 is 0 Å². The van der Waals surface area contributed by atoms with Crippen LogP contribution < -0.4 is 4.74 Å². The average Bonchev–Trinajstić information content (AvgIpc) is 3.03. The van der Waals surface area contributed by atoms with Gasteiger partial charge in [-0.2, -0.15) is 0 Å². The summed E-state index contributed by atoms with van der Waals surface area (Å²) in [5.74, 6) is 0.808. The Hall–Kier alpha value is -2.81. The number of benzene rings is 2. The Morgan fingerprint density at radius 2 is 1.67 bits per heavy atom. The summed E-state index contributed by atoms with van der Waals surface area (Å²) in [6.07, 6.45) is 2.71. The van der Waals surface area contributed by atoms with Crippen molar-refractivity contribution in [1.29, 1.82) is 0 Å². The second-order valence-corrected chi connectivity index (χ2v) is 4.69. The number of ether oxygens (including phenoxy) is 1. The van der Waals surface area contributed by atoms with Crippen LogP contribution in [0.15, 0.2) is 72.9 Å². The maximum absolute atomic E-state index is 10.9. The summed E-state index contributed by atoms with van der Waals surface area (Å²) < 4.78 is 7.58. The fourth-order valence-corrected chi connectivity index (χ4v) is 2.17. The Morgan fingerprint density at radius 3 is 2.38 bits per heavy atom. The zero-order valence-electron chi connectivity index (χ0n) is 11.5. The molecule has 21 heavy (non-hydrogen) atoms. The first-order valence-electron chi connectivity index (χ1n) is 6.76. The van der Waals surface area contributed by atoms with Crippen LogP contribution in [0, 0.1) is 0 Å². The predicted molar refractivity (Wildman–Crippen MR) is 81.9 cm³/mol. The van der Waals surface area contributed by atoms with Gasteiger partial charge in [0, 0.05) is 11.9 Å². The van der Waals surface area contributed by atoms with E-state index in [1.807, 2.05) is 71.4 Å². The monoisotopic (exact) mass is 277 g/mol. The van der Waals surface area contributed by atoms with Crippen LogP contribution in [0.25, 0.3) is 5.69 Å². The van der Waals surface area contributed by atoms with Crippen LogP contribution in [0.2, 0.25) is 0 Å². The molecule has 0 saturated heterocycles. The summed E-state index contributed by atoms with van der Waals surface area (Å²) in [6, 6.07) is 21.4. The first-order valence-corrected chi connectivity index (χ1v) is 6.76. The van der Waals surface area contributed by atoms with Gasteiger partial charge in [-0.25, -0.2) is 0 Å². The third-order valence-corrected chi connectivity index (χ3v) is 3.26. The highest BCUT2D eigenvalue weighted by Gasteiger charge is 2.02. The van der Waals surface area contributed by atoms with Gasteiger partial charge in [-0.15, -0.1) is 0 Å². The van der Waals surface area contributed by atoms with Gasteiger partial charge in [0.1, 0.15) is 12.4 Å². The molecule has 0 bridgehead atoms. The molecular formula is C18H15NO2. The van der Waals surface area contributed by atoms with Crippen molar-refractivity contribution in [3.05, 3.63) is 84.2 Å². The van der Waals surface area contributed by atoms with Gasteiger partial charge < -0.3 is 9.30 Å². The summed E-state index contributed by atoms with van der Waals surface area (Å²) in [5, 5.41) is 0. The number of aromatic nitrogens is 1. The van der Waals surface area contributed by atoms with E-state index in [-0.39, 0.29) is 0 Å². The molecule has 0 aliphatic heterocycles. The van der Waals surface area contributed by atoms with Crippen LogP contribution in [0.5, 0.6) is 5.75 Å². The molecule has 0 aliphatic rings. The van der Waals surface area contributed by atoms with E-state index in [0.717, 1.165) is 23.3 Å². The van der Waals surface area contributed by atoms with Gasteiger partial charge in [-0.3, -0.25) is 4.79 Å². The van der Waals surface area contributed by atoms with Crippen LogP contribution in [-0.2, 0) is 6.61 Å². The molecule has 1 heterocycles. The van der Waals surface area contributed by atoms with E-state index in [4.69, 9.17) is 4.74 Å². The first-order chi connectivity index (χ1) is 10.4. The second-order valence-electron chi connectivity index (χ2n) is 4.69. The molecule has 0 amide bonds. The van der Waals surface area contributed by atoms with E-state index < -0.39 is 0 Å². The first kappa shape index (κ1) is 13.2. The molecule has 0 radical (unpaired) electrons. The van der Waals surface area contributed by atoms with Crippen molar-refractivity contribution in [3.63, 3.8) is 0 Å². The lowest BCUT2D eigenvalue weighted by Crippen LogP contribution is -1.98. The molecule has 3 nitrogen and oxygen atoms in total. The SMILES string of the molecule is O=Cc1cccn1-c1ccc(OCc2ccccc2)cc1. The molecular weight excluding hydrogens is 262 g/mol. The Morgan fingerprint density at radius 1 is 0.905 bits per heavy atom. The van der Waals surface area contributed by atoms with Crippen molar-refractivity contribution in [3.8, 4) is 11.4 Å². The van der Waals surface area contributed by atoms with E-state index in [1.165, 1.54) is 0 Å². The Balaban J connectivity index is 1.71. The van der Waals surface area contributed by atoms with Crippen LogP contribution in [-0.4, -0.2) is 10.9 Å². The van der Waals surface area contributed by atoms with Crippen molar-refractivity contribution < 1.29 is 9.53 Å². The Kier molecular flexibility index (Phi) is 3.83. The number of carbonyl (C=O) groups excluding carboxylic acids is 1. The molecule has 104 valence electrons.